The van der Waals surface area contributed by atoms with Crippen LogP contribution in [-0.4, -0.2) is 9.80 Å². The maximum absolute atomic E-state index is 10.8. The first-order chi connectivity index (χ1) is 5.70. The van der Waals surface area contributed by atoms with Gasteiger partial charge in [0.05, 0.1) is 12.5 Å². The molecule has 0 aromatic carbocycles. The molecule has 0 aliphatic rings. The summed E-state index contributed by atoms with van der Waals surface area (Å²) in [6.45, 7) is 0.160. The van der Waals surface area contributed by atoms with Crippen molar-refractivity contribution in [3.05, 3.63) is 24.2 Å². The molecular formula is C6H7NO3S2. The Balaban J connectivity index is 2.32. The third kappa shape index (κ3) is 2.71. The van der Waals surface area contributed by atoms with Crippen molar-refractivity contribution < 1.29 is 13.9 Å². The van der Waals surface area contributed by atoms with E-state index in [1.807, 2.05) is 0 Å². The van der Waals surface area contributed by atoms with Crippen LogP contribution in [-0.2, 0) is 11.3 Å². The molecule has 12 heavy (non-hydrogen) atoms. The number of carbonyl (C=O) groups is 1. The topological polar surface area (TPSA) is 42.7 Å². The molecule has 4 nitrogen and oxygen atoms in total. The van der Waals surface area contributed by atoms with Gasteiger partial charge in [-0.1, -0.05) is 0 Å². The molecule has 1 rings (SSSR count). The van der Waals surface area contributed by atoms with Gasteiger partial charge in [0.2, 0.25) is 0 Å². The quantitative estimate of drug-likeness (QED) is 0.725. The first kappa shape index (κ1) is 9.34. The molecule has 0 aliphatic carbocycles. The summed E-state index contributed by atoms with van der Waals surface area (Å²) < 4.78 is 10.3. The van der Waals surface area contributed by atoms with Crippen molar-refractivity contribution >= 4 is 31.7 Å². The molecule has 1 aromatic rings. The molecule has 0 unspecified atom stereocenters. The van der Waals surface area contributed by atoms with Gasteiger partial charge in [-0.3, -0.25) is 0 Å². The van der Waals surface area contributed by atoms with Gasteiger partial charge >= 0.3 is 6.09 Å². The van der Waals surface area contributed by atoms with Gasteiger partial charge in [-0.15, -0.1) is 0 Å². The van der Waals surface area contributed by atoms with E-state index in [4.69, 9.17) is 9.15 Å². The van der Waals surface area contributed by atoms with Crippen molar-refractivity contribution in [3.63, 3.8) is 0 Å². The van der Waals surface area contributed by atoms with Crippen molar-refractivity contribution in [2.24, 2.45) is 0 Å². The van der Waals surface area contributed by atoms with Gasteiger partial charge in [-0.25, -0.2) is 4.79 Å². The Morgan fingerprint density at radius 3 is 2.92 bits per heavy atom. The van der Waals surface area contributed by atoms with Gasteiger partial charge in [0.25, 0.3) is 0 Å². The summed E-state index contributed by atoms with van der Waals surface area (Å²) in [6, 6.07) is 1.70. The number of carbonyl (C=O) groups excluding carboxylic acids is 1. The molecule has 1 amide bonds. The summed E-state index contributed by atoms with van der Waals surface area (Å²) in [5.41, 5.74) is 0.784. The van der Waals surface area contributed by atoms with E-state index < -0.39 is 6.09 Å². The minimum Gasteiger partial charge on any atom is -0.472 e. The third-order valence-corrected chi connectivity index (χ3v) is 1.43. The van der Waals surface area contributed by atoms with Gasteiger partial charge in [-0.2, -0.15) is 3.71 Å². The minimum atomic E-state index is -0.622. The zero-order chi connectivity index (χ0) is 8.97. The number of rotatable bonds is 2. The highest BCUT2D eigenvalue weighted by atomic mass is 32.2. The van der Waals surface area contributed by atoms with Crippen molar-refractivity contribution in [3.8, 4) is 0 Å². The van der Waals surface area contributed by atoms with Crippen LogP contribution < -0.4 is 0 Å². The molecular weight excluding hydrogens is 198 g/mol. The number of furan rings is 1. The van der Waals surface area contributed by atoms with E-state index in [2.05, 4.69) is 25.6 Å². The highest BCUT2D eigenvalue weighted by Crippen LogP contribution is 2.06. The fourth-order valence-electron chi connectivity index (χ4n) is 0.578. The lowest BCUT2D eigenvalue weighted by molar-refractivity contribution is 0.136. The number of thiol groups is 2. The van der Waals surface area contributed by atoms with Gasteiger partial charge < -0.3 is 9.15 Å². The van der Waals surface area contributed by atoms with Gasteiger partial charge in [0.1, 0.15) is 6.61 Å². The lowest BCUT2D eigenvalue weighted by Gasteiger charge is -2.06. The second-order valence-electron chi connectivity index (χ2n) is 1.98. The minimum absolute atomic E-state index is 0.160. The number of hydrogen-bond acceptors (Lipinski definition) is 5. The molecule has 0 saturated carbocycles. The van der Waals surface area contributed by atoms with Crippen LogP contribution in [0.5, 0.6) is 0 Å². The van der Waals surface area contributed by atoms with Gasteiger partial charge in [-0.05, 0) is 31.7 Å². The number of hydrogen-bond donors (Lipinski definition) is 2. The second kappa shape index (κ2) is 4.32. The molecule has 0 spiro atoms. The Morgan fingerprint density at radius 2 is 2.42 bits per heavy atom. The molecule has 1 aromatic heterocycles. The first-order valence-electron chi connectivity index (χ1n) is 3.06. The monoisotopic (exact) mass is 205 g/mol. The van der Waals surface area contributed by atoms with Crippen LogP contribution in [0, 0.1) is 0 Å². The van der Waals surface area contributed by atoms with E-state index in [9.17, 15) is 4.79 Å². The fraction of sp³-hybridized carbons (Fsp3) is 0.167. The van der Waals surface area contributed by atoms with E-state index in [-0.39, 0.29) is 6.61 Å². The van der Waals surface area contributed by atoms with Crippen LogP contribution in [0.3, 0.4) is 0 Å². The molecule has 0 aliphatic heterocycles. The molecule has 1 heterocycles. The zero-order valence-corrected chi connectivity index (χ0v) is 7.79. The van der Waals surface area contributed by atoms with Crippen molar-refractivity contribution in [1.82, 2.24) is 3.71 Å². The van der Waals surface area contributed by atoms with Crippen LogP contribution >= 0.6 is 25.6 Å². The molecule has 0 saturated heterocycles. The smallest absolute Gasteiger partial charge is 0.430 e. The number of amides is 1. The second-order valence-corrected chi connectivity index (χ2v) is 3.09. The molecule has 66 valence electrons. The van der Waals surface area contributed by atoms with E-state index in [0.717, 1.165) is 9.27 Å². The highest BCUT2D eigenvalue weighted by molar-refractivity contribution is 7.94. The lowest BCUT2D eigenvalue weighted by atomic mass is 10.4. The summed E-state index contributed by atoms with van der Waals surface area (Å²) in [6.07, 6.45) is 2.37. The molecule has 0 bridgehead atoms. The van der Waals surface area contributed by atoms with Crippen LogP contribution in [0.15, 0.2) is 23.0 Å². The first-order valence-corrected chi connectivity index (χ1v) is 3.86. The number of nitrogens with zero attached hydrogens (tertiary/aromatic N) is 1. The van der Waals surface area contributed by atoms with Crippen molar-refractivity contribution in [2.75, 3.05) is 0 Å². The largest absolute Gasteiger partial charge is 0.472 e. The van der Waals surface area contributed by atoms with E-state index >= 15 is 0 Å². The standard InChI is InChI=1S/C6H7NO3S2/c8-6(7(11)12)10-4-5-1-2-9-3-5/h1-3,11-12H,4H2. The van der Waals surface area contributed by atoms with E-state index in [1.165, 1.54) is 12.5 Å². The lowest BCUT2D eigenvalue weighted by Crippen LogP contribution is -2.12. The third-order valence-electron chi connectivity index (χ3n) is 1.11. The maximum Gasteiger partial charge on any atom is 0.430 e. The normalized spacial score (nSPS) is 9.50. The summed E-state index contributed by atoms with van der Waals surface area (Å²) >= 11 is 7.25. The molecule has 0 radical (unpaired) electrons. The van der Waals surface area contributed by atoms with Crippen molar-refractivity contribution in [2.45, 2.75) is 6.61 Å². The van der Waals surface area contributed by atoms with Crippen molar-refractivity contribution in [1.29, 1.82) is 0 Å². The number of ether oxygens (including phenoxy) is 1. The summed E-state index contributed by atoms with van der Waals surface area (Å²) in [5.74, 6) is 0. The Labute approximate surface area is 80.6 Å². The zero-order valence-electron chi connectivity index (χ0n) is 6.01. The average Bonchev–Trinajstić information content (AvgIpc) is 2.51. The van der Waals surface area contributed by atoms with Crippen LogP contribution in [0.1, 0.15) is 5.56 Å². The van der Waals surface area contributed by atoms with E-state index in [0.29, 0.717) is 0 Å². The predicted octanol–water partition coefficient (Wildman–Crippen LogP) is 1.91. The Hall–Kier alpha value is -0.750. The van der Waals surface area contributed by atoms with Gasteiger partial charge in [0.15, 0.2) is 0 Å². The molecule has 0 N–H and O–H groups in total. The maximum atomic E-state index is 10.8. The molecule has 0 fully saturated rings. The predicted molar refractivity (Wildman–Crippen MR) is 48.7 cm³/mol. The van der Waals surface area contributed by atoms with Gasteiger partial charge in [0, 0.05) is 5.56 Å². The van der Waals surface area contributed by atoms with Crippen LogP contribution in [0.25, 0.3) is 0 Å². The molecule has 6 heteroatoms. The Bertz CT molecular complexity index is 247. The fourth-order valence-corrected chi connectivity index (χ4v) is 0.693. The summed E-state index contributed by atoms with van der Waals surface area (Å²) in [7, 11) is 0. The average molecular weight is 205 g/mol. The highest BCUT2D eigenvalue weighted by Gasteiger charge is 2.06. The molecule has 0 atom stereocenters. The van der Waals surface area contributed by atoms with Crippen LogP contribution in [0.2, 0.25) is 0 Å². The Morgan fingerprint density at radius 1 is 1.67 bits per heavy atom. The van der Waals surface area contributed by atoms with E-state index in [1.54, 1.807) is 6.07 Å². The summed E-state index contributed by atoms with van der Waals surface area (Å²) in [5, 5.41) is 0. The summed E-state index contributed by atoms with van der Waals surface area (Å²) in [4.78, 5) is 10.8. The Kier molecular flexibility index (Phi) is 3.36. The SMILES string of the molecule is O=C(OCc1ccoc1)N(S)S. The van der Waals surface area contributed by atoms with Crippen LogP contribution in [0.4, 0.5) is 4.79 Å².